The predicted octanol–water partition coefficient (Wildman–Crippen LogP) is 3.01. The molecule has 7 nitrogen and oxygen atoms in total. The van der Waals surface area contributed by atoms with Crippen LogP contribution < -0.4 is 15.2 Å². The Morgan fingerprint density at radius 1 is 1.26 bits per heavy atom. The summed E-state index contributed by atoms with van der Waals surface area (Å²) in [5, 5.41) is 26.8. The Balaban J connectivity index is 1.95. The fourth-order valence-corrected chi connectivity index (χ4v) is 3.28. The maximum Gasteiger partial charge on any atom is 0.244 e. The Bertz CT molecular complexity index is 1090. The van der Waals surface area contributed by atoms with Crippen LogP contribution in [-0.4, -0.2) is 22.4 Å². The van der Waals surface area contributed by atoms with E-state index in [9.17, 15) is 10.4 Å². The van der Waals surface area contributed by atoms with Crippen molar-refractivity contribution in [2.24, 2.45) is 5.73 Å². The van der Waals surface area contributed by atoms with Crippen LogP contribution in [0.2, 0.25) is 0 Å². The number of aromatic amines is 1. The summed E-state index contributed by atoms with van der Waals surface area (Å²) in [7, 11) is 1.59. The van der Waals surface area contributed by atoms with Crippen molar-refractivity contribution < 1.29 is 14.6 Å². The molecule has 4 rings (SSSR count). The number of rotatable bonds is 3. The molecule has 1 aromatic heterocycles. The first kappa shape index (κ1) is 16.5. The first-order valence-corrected chi connectivity index (χ1v) is 8.21. The van der Waals surface area contributed by atoms with Gasteiger partial charge in [-0.2, -0.15) is 5.26 Å². The molecule has 0 amide bonds. The van der Waals surface area contributed by atoms with Crippen molar-refractivity contribution in [2.45, 2.75) is 5.92 Å². The highest BCUT2D eigenvalue weighted by Crippen LogP contribution is 2.46. The fourth-order valence-electron chi connectivity index (χ4n) is 3.28. The first-order valence-electron chi connectivity index (χ1n) is 8.21. The first-order chi connectivity index (χ1) is 13.1. The number of H-pyrrole nitrogens is 1. The average molecular weight is 360 g/mol. The molecule has 1 aliphatic heterocycles. The molecule has 3 aromatic rings. The van der Waals surface area contributed by atoms with E-state index in [4.69, 9.17) is 15.2 Å². The van der Waals surface area contributed by atoms with Gasteiger partial charge in [-0.3, -0.25) is 5.10 Å². The lowest BCUT2D eigenvalue weighted by atomic mass is 9.83. The second-order valence-electron chi connectivity index (χ2n) is 6.07. The molecule has 1 atom stereocenters. The van der Waals surface area contributed by atoms with Crippen LogP contribution in [0.4, 0.5) is 0 Å². The number of phenols is 1. The van der Waals surface area contributed by atoms with Crippen molar-refractivity contribution in [2.75, 3.05) is 7.11 Å². The lowest BCUT2D eigenvalue weighted by Gasteiger charge is -2.24. The van der Waals surface area contributed by atoms with Gasteiger partial charge in [0.2, 0.25) is 11.8 Å². The monoisotopic (exact) mass is 360 g/mol. The van der Waals surface area contributed by atoms with Crippen LogP contribution in [0.1, 0.15) is 17.0 Å². The number of methoxy groups -OCH3 is 1. The number of phenolic OH excluding ortho intramolecular Hbond substituents is 1. The van der Waals surface area contributed by atoms with Crippen molar-refractivity contribution in [3.8, 4) is 34.7 Å². The van der Waals surface area contributed by atoms with Gasteiger partial charge in [0, 0.05) is 5.56 Å². The van der Waals surface area contributed by atoms with Gasteiger partial charge >= 0.3 is 0 Å². The number of hydrogen-bond acceptors (Lipinski definition) is 6. The Hall–Kier alpha value is -3.92. The van der Waals surface area contributed by atoms with Gasteiger partial charge in [0.15, 0.2) is 0 Å². The van der Waals surface area contributed by atoms with E-state index in [1.54, 1.807) is 25.3 Å². The highest BCUT2D eigenvalue weighted by molar-refractivity contribution is 5.71. The molecule has 134 valence electrons. The lowest BCUT2D eigenvalue weighted by Crippen LogP contribution is -2.20. The summed E-state index contributed by atoms with van der Waals surface area (Å²) in [4.78, 5) is 0. The van der Waals surface area contributed by atoms with Crippen LogP contribution in [0.15, 0.2) is 60.0 Å². The zero-order valence-corrected chi connectivity index (χ0v) is 14.4. The number of nitrogens with two attached hydrogens (primary N) is 1. The molecule has 0 spiro atoms. The molecule has 0 saturated heterocycles. The lowest BCUT2D eigenvalue weighted by molar-refractivity contribution is 0.378. The van der Waals surface area contributed by atoms with Gasteiger partial charge in [-0.05, 0) is 29.8 Å². The summed E-state index contributed by atoms with van der Waals surface area (Å²) in [6.45, 7) is 0. The van der Waals surface area contributed by atoms with Crippen LogP contribution >= 0.6 is 0 Å². The molecular formula is C20H16N4O3. The smallest absolute Gasteiger partial charge is 0.244 e. The van der Waals surface area contributed by atoms with E-state index in [0.717, 1.165) is 5.56 Å². The van der Waals surface area contributed by atoms with Crippen LogP contribution in [0.5, 0.6) is 17.4 Å². The molecule has 7 heteroatoms. The quantitative estimate of drug-likeness (QED) is 0.661. The second kappa shape index (κ2) is 6.42. The standard InChI is InChI=1S/C20H16N4O3/c1-26-14-7-3-5-12(9-14)18-17-16(11-4-2-6-13(25)8-11)15(10-21)19(22)27-20(17)24-23-18/h2-9,16,25H,22H2,1H3,(H,23,24)/t16-/m1/s1. The largest absolute Gasteiger partial charge is 0.508 e. The number of fused-ring (bicyclic) bond motifs is 1. The molecule has 0 fully saturated rings. The van der Waals surface area contributed by atoms with E-state index in [2.05, 4.69) is 16.3 Å². The minimum absolute atomic E-state index is 0.00188. The maximum absolute atomic E-state index is 9.92. The number of nitriles is 1. The molecule has 0 unspecified atom stereocenters. The third-order valence-electron chi connectivity index (χ3n) is 4.50. The summed E-state index contributed by atoms with van der Waals surface area (Å²) in [5.41, 5.74) is 9.14. The summed E-state index contributed by atoms with van der Waals surface area (Å²) in [6, 6.07) is 16.3. The van der Waals surface area contributed by atoms with Gasteiger partial charge in [0.25, 0.3) is 0 Å². The fraction of sp³-hybridized carbons (Fsp3) is 0.100. The Kier molecular flexibility index (Phi) is 3.94. The number of benzene rings is 2. The zero-order chi connectivity index (χ0) is 19.0. The topological polar surface area (TPSA) is 117 Å². The number of allylic oxidation sites excluding steroid dienone is 1. The molecule has 0 aliphatic carbocycles. The van der Waals surface area contributed by atoms with Gasteiger partial charge < -0.3 is 20.3 Å². The van der Waals surface area contributed by atoms with Crippen molar-refractivity contribution >= 4 is 0 Å². The van der Waals surface area contributed by atoms with Crippen LogP contribution in [-0.2, 0) is 0 Å². The third kappa shape index (κ3) is 2.73. The van der Waals surface area contributed by atoms with Gasteiger partial charge in [-0.15, -0.1) is 5.10 Å². The Morgan fingerprint density at radius 2 is 2.07 bits per heavy atom. The normalized spacial score (nSPS) is 15.6. The molecule has 2 heterocycles. The minimum Gasteiger partial charge on any atom is -0.508 e. The number of ether oxygens (including phenoxy) is 2. The maximum atomic E-state index is 9.92. The van der Waals surface area contributed by atoms with E-state index in [1.165, 1.54) is 0 Å². The van der Waals surface area contributed by atoms with Crippen LogP contribution in [0.3, 0.4) is 0 Å². The number of nitrogens with one attached hydrogen (secondary N) is 1. The highest BCUT2D eigenvalue weighted by Gasteiger charge is 2.35. The molecule has 4 N–H and O–H groups in total. The Morgan fingerprint density at radius 3 is 2.81 bits per heavy atom. The molecular weight excluding hydrogens is 344 g/mol. The predicted molar refractivity (Wildman–Crippen MR) is 98.0 cm³/mol. The van der Waals surface area contributed by atoms with E-state index in [1.807, 2.05) is 30.3 Å². The summed E-state index contributed by atoms with van der Waals surface area (Å²) in [6.07, 6.45) is 0. The van der Waals surface area contributed by atoms with Crippen LogP contribution in [0.25, 0.3) is 11.3 Å². The van der Waals surface area contributed by atoms with E-state index < -0.39 is 5.92 Å². The van der Waals surface area contributed by atoms with E-state index in [0.29, 0.717) is 28.5 Å². The van der Waals surface area contributed by atoms with Crippen molar-refractivity contribution in [1.29, 1.82) is 5.26 Å². The van der Waals surface area contributed by atoms with Gasteiger partial charge in [-0.25, -0.2) is 0 Å². The minimum atomic E-state index is -0.522. The van der Waals surface area contributed by atoms with Gasteiger partial charge in [-0.1, -0.05) is 24.3 Å². The SMILES string of the molecule is COc1cccc(-c2[nH]nc3c2[C@H](c2cccc(O)c2)C(C#N)=C(N)O3)c1. The van der Waals surface area contributed by atoms with E-state index in [-0.39, 0.29) is 17.2 Å². The van der Waals surface area contributed by atoms with Crippen LogP contribution in [0, 0.1) is 11.3 Å². The number of hydrogen-bond donors (Lipinski definition) is 3. The number of nitrogens with zero attached hydrogens (tertiary/aromatic N) is 2. The Labute approximate surface area is 155 Å². The average Bonchev–Trinajstić information content (AvgIpc) is 3.10. The molecule has 0 saturated carbocycles. The highest BCUT2D eigenvalue weighted by atomic mass is 16.5. The zero-order valence-electron chi connectivity index (χ0n) is 14.4. The van der Waals surface area contributed by atoms with Gasteiger partial charge in [0.05, 0.1) is 24.3 Å². The van der Waals surface area contributed by atoms with E-state index >= 15 is 0 Å². The van der Waals surface area contributed by atoms with Crippen molar-refractivity contribution in [3.63, 3.8) is 0 Å². The number of aromatic nitrogens is 2. The summed E-state index contributed by atoms with van der Waals surface area (Å²) < 4.78 is 10.9. The molecule has 1 aliphatic rings. The third-order valence-corrected chi connectivity index (χ3v) is 4.50. The molecule has 0 radical (unpaired) electrons. The van der Waals surface area contributed by atoms with Crippen molar-refractivity contribution in [1.82, 2.24) is 10.2 Å². The summed E-state index contributed by atoms with van der Waals surface area (Å²) in [5.74, 6) is 0.574. The van der Waals surface area contributed by atoms with Crippen molar-refractivity contribution in [3.05, 3.63) is 71.1 Å². The molecule has 2 aromatic carbocycles. The van der Waals surface area contributed by atoms with Gasteiger partial charge in [0.1, 0.15) is 23.1 Å². The molecule has 27 heavy (non-hydrogen) atoms. The molecule has 0 bridgehead atoms. The second-order valence-corrected chi connectivity index (χ2v) is 6.07. The summed E-state index contributed by atoms with van der Waals surface area (Å²) >= 11 is 0. The number of aromatic hydroxyl groups is 1.